The molecule has 1 rings (SSSR count). The van der Waals surface area contributed by atoms with Gasteiger partial charge in [0.25, 0.3) is 0 Å². The molecule has 16 heavy (non-hydrogen) atoms. The minimum Gasteiger partial charge on any atom is -0.394 e. The van der Waals surface area contributed by atoms with Crippen molar-refractivity contribution in [3.63, 3.8) is 0 Å². The Morgan fingerprint density at radius 1 is 1.44 bits per heavy atom. The van der Waals surface area contributed by atoms with E-state index >= 15 is 0 Å². The third kappa shape index (κ3) is 3.58. The van der Waals surface area contributed by atoms with E-state index in [-0.39, 0.29) is 13.2 Å². The molecule has 6 nitrogen and oxygen atoms in total. The molecule has 0 aliphatic rings. The maximum absolute atomic E-state index is 8.95. The largest absolute Gasteiger partial charge is 0.394 e. The van der Waals surface area contributed by atoms with Crippen LogP contribution in [0.4, 0.5) is 11.8 Å². The van der Waals surface area contributed by atoms with E-state index in [1.165, 1.54) is 0 Å². The van der Waals surface area contributed by atoms with Crippen molar-refractivity contribution in [2.24, 2.45) is 0 Å². The van der Waals surface area contributed by atoms with E-state index in [0.717, 1.165) is 6.54 Å². The molecule has 0 saturated carbocycles. The summed E-state index contributed by atoms with van der Waals surface area (Å²) in [5, 5.41) is 23.8. The lowest BCUT2D eigenvalue weighted by atomic mass is 10.3. The Morgan fingerprint density at radius 2 is 2.12 bits per heavy atom. The van der Waals surface area contributed by atoms with Crippen LogP contribution < -0.4 is 10.6 Å². The average Bonchev–Trinajstić information content (AvgIpc) is 2.30. The van der Waals surface area contributed by atoms with Crippen molar-refractivity contribution in [3.05, 3.63) is 10.7 Å². The molecule has 0 saturated heterocycles. The van der Waals surface area contributed by atoms with E-state index in [1.54, 1.807) is 6.20 Å². The number of aliphatic hydroxyl groups is 2. The second-order valence-electron chi connectivity index (χ2n) is 3.13. The number of nitrogens with zero attached hydrogens (tertiary/aromatic N) is 2. The first kappa shape index (κ1) is 13.1. The van der Waals surface area contributed by atoms with Gasteiger partial charge < -0.3 is 20.8 Å². The fraction of sp³-hybridized carbons (Fsp3) is 0.556. The van der Waals surface area contributed by atoms with Crippen molar-refractivity contribution in [2.45, 2.75) is 13.0 Å². The second kappa shape index (κ2) is 6.62. The van der Waals surface area contributed by atoms with Gasteiger partial charge in [-0.15, -0.1) is 0 Å². The molecule has 0 atom stereocenters. The minimum absolute atomic E-state index is 0.163. The predicted octanol–water partition coefficient (Wildman–Crippen LogP) is 0.436. The quantitative estimate of drug-likeness (QED) is 0.608. The van der Waals surface area contributed by atoms with Gasteiger partial charge in [-0.05, 0) is 22.9 Å². The molecule has 0 aliphatic heterocycles. The Kier molecular flexibility index (Phi) is 5.44. The maximum Gasteiger partial charge on any atom is 0.224 e. The molecule has 0 aromatic carbocycles. The van der Waals surface area contributed by atoms with Crippen molar-refractivity contribution < 1.29 is 10.2 Å². The molecular formula is C9H15BrN4O2. The number of aliphatic hydroxyl groups excluding tert-OH is 2. The van der Waals surface area contributed by atoms with Gasteiger partial charge >= 0.3 is 0 Å². The summed E-state index contributed by atoms with van der Waals surface area (Å²) in [6, 6.07) is -0.430. The normalized spacial score (nSPS) is 10.6. The van der Waals surface area contributed by atoms with E-state index in [2.05, 4.69) is 36.5 Å². The molecule has 90 valence electrons. The van der Waals surface area contributed by atoms with Crippen LogP contribution in [0.3, 0.4) is 0 Å². The summed E-state index contributed by atoms with van der Waals surface area (Å²) in [6.07, 6.45) is 1.61. The zero-order valence-corrected chi connectivity index (χ0v) is 10.5. The smallest absolute Gasteiger partial charge is 0.224 e. The number of hydrogen-bond acceptors (Lipinski definition) is 6. The first-order chi connectivity index (χ1) is 7.71. The van der Waals surface area contributed by atoms with Crippen LogP contribution in [0, 0.1) is 0 Å². The van der Waals surface area contributed by atoms with Crippen LogP contribution in [-0.2, 0) is 0 Å². The molecule has 0 bridgehead atoms. The van der Waals surface area contributed by atoms with Crippen molar-refractivity contribution >= 4 is 27.7 Å². The third-order valence-electron chi connectivity index (χ3n) is 1.86. The third-order valence-corrected chi connectivity index (χ3v) is 2.44. The number of rotatable bonds is 6. The van der Waals surface area contributed by atoms with Crippen LogP contribution in [-0.4, -0.2) is 46.0 Å². The highest BCUT2D eigenvalue weighted by molar-refractivity contribution is 9.10. The summed E-state index contributed by atoms with van der Waals surface area (Å²) in [7, 11) is 0. The van der Waals surface area contributed by atoms with Gasteiger partial charge in [0.15, 0.2) is 0 Å². The average molecular weight is 291 g/mol. The van der Waals surface area contributed by atoms with Crippen LogP contribution >= 0.6 is 15.9 Å². The van der Waals surface area contributed by atoms with Gasteiger partial charge in [0.2, 0.25) is 5.95 Å². The van der Waals surface area contributed by atoms with Gasteiger partial charge in [-0.2, -0.15) is 4.98 Å². The van der Waals surface area contributed by atoms with E-state index in [0.29, 0.717) is 16.2 Å². The van der Waals surface area contributed by atoms with E-state index in [1.807, 2.05) is 6.92 Å². The van der Waals surface area contributed by atoms with Crippen LogP contribution in [0.2, 0.25) is 0 Å². The van der Waals surface area contributed by atoms with Crippen molar-refractivity contribution in [1.82, 2.24) is 9.97 Å². The zero-order chi connectivity index (χ0) is 12.0. The Bertz CT molecular complexity index is 333. The molecule has 1 aromatic rings. The molecule has 0 amide bonds. The first-order valence-corrected chi connectivity index (χ1v) is 5.75. The predicted molar refractivity (Wildman–Crippen MR) is 65.5 cm³/mol. The molecule has 0 radical (unpaired) electrons. The summed E-state index contributed by atoms with van der Waals surface area (Å²) in [5.74, 6) is 1.04. The molecule has 4 N–H and O–H groups in total. The summed E-state index contributed by atoms with van der Waals surface area (Å²) in [5.41, 5.74) is 0. The molecule has 1 aromatic heterocycles. The van der Waals surface area contributed by atoms with E-state index < -0.39 is 6.04 Å². The standard InChI is InChI=1S/C9H15BrN4O2/c1-2-11-9-12-3-7(10)8(14-9)13-6(4-15)5-16/h3,6,15-16H,2,4-5H2,1H3,(H2,11,12,13,14). The van der Waals surface area contributed by atoms with Gasteiger partial charge in [0.1, 0.15) is 5.82 Å². The molecule has 7 heteroatoms. The lowest BCUT2D eigenvalue weighted by molar-refractivity contribution is 0.203. The second-order valence-corrected chi connectivity index (χ2v) is 3.98. The number of anilines is 2. The highest BCUT2D eigenvalue weighted by Gasteiger charge is 2.10. The number of aromatic nitrogens is 2. The van der Waals surface area contributed by atoms with E-state index in [4.69, 9.17) is 10.2 Å². The van der Waals surface area contributed by atoms with Crippen molar-refractivity contribution in [3.8, 4) is 0 Å². The van der Waals surface area contributed by atoms with Gasteiger partial charge in [-0.1, -0.05) is 0 Å². The summed E-state index contributed by atoms with van der Waals surface area (Å²) in [4.78, 5) is 8.25. The van der Waals surface area contributed by atoms with Gasteiger partial charge in [-0.3, -0.25) is 0 Å². The Hall–Kier alpha value is -0.920. The lowest BCUT2D eigenvalue weighted by Gasteiger charge is -2.15. The van der Waals surface area contributed by atoms with Crippen molar-refractivity contribution in [2.75, 3.05) is 30.4 Å². The molecule has 0 spiro atoms. The highest BCUT2D eigenvalue weighted by Crippen LogP contribution is 2.20. The molecule has 0 aliphatic carbocycles. The fourth-order valence-electron chi connectivity index (χ4n) is 1.05. The van der Waals surface area contributed by atoms with Crippen LogP contribution in [0.5, 0.6) is 0 Å². The Morgan fingerprint density at radius 3 is 2.69 bits per heavy atom. The highest BCUT2D eigenvalue weighted by atomic mass is 79.9. The number of hydrogen-bond donors (Lipinski definition) is 4. The maximum atomic E-state index is 8.95. The topological polar surface area (TPSA) is 90.3 Å². The zero-order valence-electron chi connectivity index (χ0n) is 8.94. The SMILES string of the molecule is CCNc1ncc(Br)c(NC(CO)CO)n1. The number of halogens is 1. The lowest BCUT2D eigenvalue weighted by Crippen LogP contribution is -2.28. The van der Waals surface area contributed by atoms with Crippen LogP contribution in [0.15, 0.2) is 10.7 Å². The number of nitrogens with one attached hydrogen (secondary N) is 2. The fourth-order valence-corrected chi connectivity index (χ4v) is 1.36. The van der Waals surface area contributed by atoms with Gasteiger partial charge in [0.05, 0.1) is 23.7 Å². The minimum atomic E-state index is -0.430. The van der Waals surface area contributed by atoms with E-state index in [9.17, 15) is 0 Å². The van der Waals surface area contributed by atoms with Crippen molar-refractivity contribution in [1.29, 1.82) is 0 Å². The summed E-state index contributed by atoms with van der Waals surface area (Å²) >= 11 is 3.29. The summed E-state index contributed by atoms with van der Waals surface area (Å²) < 4.78 is 0.682. The molecule has 1 heterocycles. The molecule has 0 unspecified atom stereocenters. The van der Waals surface area contributed by atoms with Gasteiger partial charge in [-0.25, -0.2) is 4.98 Å². The molecular weight excluding hydrogens is 276 g/mol. The Labute approximate surface area is 102 Å². The van der Waals surface area contributed by atoms with Crippen LogP contribution in [0.1, 0.15) is 6.92 Å². The molecule has 0 fully saturated rings. The Balaban J connectivity index is 2.80. The monoisotopic (exact) mass is 290 g/mol. The van der Waals surface area contributed by atoms with Crippen LogP contribution in [0.25, 0.3) is 0 Å². The first-order valence-electron chi connectivity index (χ1n) is 4.95. The summed E-state index contributed by atoms with van der Waals surface area (Å²) in [6.45, 7) is 2.35. The van der Waals surface area contributed by atoms with Gasteiger partial charge in [0, 0.05) is 12.7 Å².